The molecule has 2 nitrogen and oxygen atoms in total. The van der Waals surface area contributed by atoms with Crippen LogP contribution in [0, 0.1) is 24.2 Å². The van der Waals surface area contributed by atoms with Crippen LogP contribution in [0.2, 0.25) is 0 Å². The molecule has 4 aromatic carbocycles. The summed E-state index contributed by atoms with van der Waals surface area (Å²) in [6.45, 7) is 7.37. The summed E-state index contributed by atoms with van der Waals surface area (Å²) < 4.78 is 0. The SMILES string of the molecule is Cc1cc(N(c2ccccc2)C2C=CC=C(c3ccccc3)C2)c2c3c1C=CC1C(N(c4ccccc4)C4CCC=C(C5C=CC=CC5)C4)=CC4=C(C(=C2)C(C)(C)CC4)C31. The molecule has 0 aromatic heterocycles. The molecule has 0 saturated carbocycles. The predicted octanol–water partition coefficient (Wildman–Crippen LogP) is 14.8. The maximum atomic E-state index is 2.81. The number of hydrogen-bond acceptors (Lipinski definition) is 2. The third-order valence-electron chi connectivity index (χ3n) is 14.8. The van der Waals surface area contributed by atoms with Crippen molar-refractivity contribution in [3.8, 4) is 0 Å². The van der Waals surface area contributed by atoms with E-state index >= 15 is 0 Å². The molecule has 2 heteroatoms. The van der Waals surface area contributed by atoms with Gasteiger partial charge in [0.25, 0.3) is 0 Å². The lowest BCUT2D eigenvalue weighted by atomic mass is 9.56. The largest absolute Gasteiger partial charge is 0.341 e. The van der Waals surface area contributed by atoms with Crippen LogP contribution in [0.25, 0.3) is 17.7 Å². The van der Waals surface area contributed by atoms with E-state index in [-0.39, 0.29) is 23.3 Å². The molecule has 298 valence electrons. The highest BCUT2D eigenvalue weighted by atomic mass is 15.2. The molecule has 5 unspecified atom stereocenters. The minimum absolute atomic E-state index is 0.0750. The van der Waals surface area contributed by atoms with Crippen molar-refractivity contribution in [2.45, 2.75) is 83.7 Å². The molecular formula is C58H56N2. The summed E-state index contributed by atoms with van der Waals surface area (Å²) in [5.74, 6) is 1.01. The van der Waals surface area contributed by atoms with E-state index in [1.165, 1.54) is 62.6 Å². The van der Waals surface area contributed by atoms with Gasteiger partial charge in [-0.3, -0.25) is 0 Å². The first-order valence-electron chi connectivity index (χ1n) is 22.6. The zero-order valence-electron chi connectivity index (χ0n) is 35.4. The van der Waals surface area contributed by atoms with Crippen LogP contribution in [0.4, 0.5) is 17.1 Å². The van der Waals surface area contributed by atoms with Crippen molar-refractivity contribution >= 4 is 34.8 Å². The molecular weight excluding hydrogens is 725 g/mol. The Morgan fingerprint density at radius 2 is 1.48 bits per heavy atom. The Balaban J connectivity index is 1.08. The second kappa shape index (κ2) is 15.0. The van der Waals surface area contributed by atoms with Crippen LogP contribution >= 0.6 is 0 Å². The quantitative estimate of drug-likeness (QED) is 0.164. The second-order valence-electron chi connectivity index (χ2n) is 18.8. The lowest BCUT2D eigenvalue weighted by molar-refractivity contribution is 0.382. The van der Waals surface area contributed by atoms with E-state index < -0.39 is 0 Å². The van der Waals surface area contributed by atoms with Gasteiger partial charge in [0.2, 0.25) is 0 Å². The number of hydrogen-bond donors (Lipinski definition) is 0. The summed E-state index contributed by atoms with van der Waals surface area (Å²) in [5.41, 5.74) is 20.2. The molecule has 0 spiro atoms. The van der Waals surface area contributed by atoms with E-state index in [9.17, 15) is 0 Å². The van der Waals surface area contributed by atoms with Gasteiger partial charge >= 0.3 is 0 Å². The number of rotatable bonds is 8. The van der Waals surface area contributed by atoms with Gasteiger partial charge in [0, 0.05) is 52.1 Å². The van der Waals surface area contributed by atoms with Gasteiger partial charge in [-0.05, 0) is 144 Å². The molecule has 0 N–H and O–H groups in total. The van der Waals surface area contributed by atoms with Crippen molar-refractivity contribution < 1.29 is 0 Å². The Hall–Kier alpha value is -5.86. The molecule has 0 saturated heterocycles. The summed E-state index contributed by atoms with van der Waals surface area (Å²) in [5, 5.41) is 0. The molecule has 0 amide bonds. The Morgan fingerprint density at radius 1 is 0.733 bits per heavy atom. The van der Waals surface area contributed by atoms with Gasteiger partial charge in [-0.2, -0.15) is 0 Å². The topological polar surface area (TPSA) is 6.48 Å². The summed E-state index contributed by atoms with van der Waals surface area (Å²) in [7, 11) is 0. The molecule has 0 bridgehead atoms. The van der Waals surface area contributed by atoms with Crippen LogP contribution < -0.4 is 9.80 Å². The van der Waals surface area contributed by atoms with Crippen molar-refractivity contribution in [1.29, 1.82) is 0 Å². The van der Waals surface area contributed by atoms with Gasteiger partial charge in [-0.25, -0.2) is 0 Å². The number of aryl methyl sites for hydroxylation is 1. The van der Waals surface area contributed by atoms with Crippen molar-refractivity contribution in [2.75, 3.05) is 9.80 Å². The van der Waals surface area contributed by atoms with E-state index in [0.29, 0.717) is 12.0 Å². The number of anilines is 3. The Kier molecular flexibility index (Phi) is 9.29. The maximum absolute atomic E-state index is 2.81. The number of allylic oxidation sites excluding steroid dienone is 12. The van der Waals surface area contributed by atoms with Gasteiger partial charge in [0.15, 0.2) is 0 Å². The molecule has 7 aliphatic carbocycles. The van der Waals surface area contributed by atoms with Crippen molar-refractivity contribution in [3.05, 3.63) is 214 Å². The first-order valence-corrected chi connectivity index (χ1v) is 22.6. The smallest absolute Gasteiger partial charge is 0.0566 e. The van der Waals surface area contributed by atoms with Crippen LogP contribution in [-0.4, -0.2) is 12.1 Å². The maximum Gasteiger partial charge on any atom is 0.0566 e. The molecule has 11 rings (SSSR count). The summed E-state index contributed by atoms with van der Waals surface area (Å²) in [6.07, 6.45) is 37.0. The number of benzene rings is 4. The lowest BCUT2D eigenvalue weighted by Gasteiger charge is -2.51. The highest BCUT2D eigenvalue weighted by molar-refractivity contribution is 5.89. The Morgan fingerprint density at radius 3 is 2.23 bits per heavy atom. The minimum Gasteiger partial charge on any atom is -0.341 e. The fourth-order valence-electron chi connectivity index (χ4n) is 11.8. The van der Waals surface area contributed by atoms with E-state index in [0.717, 1.165) is 38.5 Å². The summed E-state index contributed by atoms with van der Waals surface area (Å²) in [4.78, 5) is 5.49. The molecule has 4 aromatic rings. The average Bonchev–Trinajstić information content (AvgIpc) is 3.30. The van der Waals surface area contributed by atoms with Crippen LogP contribution in [0.5, 0.6) is 0 Å². The van der Waals surface area contributed by atoms with Crippen LogP contribution in [-0.2, 0) is 0 Å². The third-order valence-corrected chi connectivity index (χ3v) is 14.8. The van der Waals surface area contributed by atoms with Gasteiger partial charge in [-0.1, -0.05) is 147 Å². The molecule has 0 fully saturated rings. The van der Waals surface area contributed by atoms with Gasteiger partial charge in [0.05, 0.1) is 6.04 Å². The summed E-state index contributed by atoms with van der Waals surface area (Å²) >= 11 is 0. The van der Waals surface area contributed by atoms with E-state index in [4.69, 9.17) is 0 Å². The predicted molar refractivity (Wildman–Crippen MR) is 254 cm³/mol. The minimum atomic E-state index is 0.0750. The van der Waals surface area contributed by atoms with Crippen molar-refractivity contribution in [3.63, 3.8) is 0 Å². The van der Waals surface area contributed by atoms with E-state index in [2.05, 4.69) is 201 Å². The molecule has 5 atom stereocenters. The summed E-state index contributed by atoms with van der Waals surface area (Å²) in [6, 6.07) is 36.6. The number of nitrogens with zero attached hydrogens (tertiary/aromatic N) is 2. The zero-order chi connectivity index (χ0) is 40.4. The normalized spacial score (nSPS) is 25.5. The number of para-hydroxylation sites is 2. The van der Waals surface area contributed by atoms with Crippen molar-refractivity contribution in [1.82, 2.24) is 0 Å². The fraction of sp³-hybridized carbons (Fsp3) is 0.276. The average molecular weight is 781 g/mol. The monoisotopic (exact) mass is 780 g/mol. The lowest BCUT2D eigenvalue weighted by Crippen LogP contribution is -2.43. The Bertz CT molecular complexity index is 2620. The van der Waals surface area contributed by atoms with E-state index in [1.54, 1.807) is 22.3 Å². The second-order valence-corrected chi connectivity index (χ2v) is 18.8. The third kappa shape index (κ3) is 6.30. The fourth-order valence-corrected chi connectivity index (χ4v) is 11.8. The van der Waals surface area contributed by atoms with Gasteiger partial charge < -0.3 is 9.80 Å². The first kappa shape index (κ1) is 37.2. The molecule has 7 aliphatic rings. The molecule has 0 aliphatic heterocycles. The van der Waals surface area contributed by atoms with Crippen LogP contribution in [0.15, 0.2) is 186 Å². The molecule has 60 heavy (non-hydrogen) atoms. The molecule has 0 radical (unpaired) electrons. The van der Waals surface area contributed by atoms with E-state index in [1.807, 2.05) is 0 Å². The first-order chi connectivity index (χ1) is 29.4. The van der Waals surface area contributed by atoms with Crippen LogP contribution in [0.3, 0.4) is 0 Å². The van der Waals surface area contributed by atoms with Gasteiger partial charge in [0.1, 0.15) is 0 Å². The Labute approximate surface area is 357 Å². The van der Waals surface area contributed by atoms with Crippen LogP contribution in [0.1, 0.15) is 92.5 Å². The standard InChI is InChI=1S/C58H56N2/c1-39-34-53(59(45-24-12-6-13-25-45)47-28-16-22-42(35-47)40-18-8-4-9-19-40)51-38-52-55-44(32-33-58(52,2)3)37-54(50-31-30-49(39)56(51)57(50)55)60(46-26-14-7-15-27-46)48-29-17-23-43(36-48)41-20-10-5-11-21-41/h4-16,18-20,22-28,30-31,34,37-38,41,47-48,50,57H,17,21,29,32-33,35-36H2,1-3H3. The zero-order valence-corrected chi connectivity index (χ0v) is 35.4. The van der Waals surface area contributed by atoms with Gasteiger partial charge in [-0.15, -0.1) is 0 Å². The molecule has 0 heterocycles. The van der Waals surface area contributed by atoms with Crippen molar-refractivity contribution in [2.24, 2.45) is 17.3 Å². The highest BCUT2D eigenvalue weighted by Gasteiger charge is 2.48. The highest BCUT2D eigenvalue weighted by Crippen LogP contribution is 2.62.